The molecule has 3 aromatic rings. The number of methoxy groups -OCH3 is 1. The van der Waals surface area contributed by atoms with Gasteiger partial charge in [-0.25, -0.2) is 4.39 Å². The molecule has 0 fully saturated rings. The first-order valence-corrected chi connectivity index (χ1v) is 10.3. The molecule has 0 bridgehead atoms. The van der Waals surface area contributed by atoms with Crippen molar-refractivity contribution in [2.75, 3.05) is 14.2 Å². The molecule has 7 heteroatoms. The Kier molecular flexibility index (Phi) is 5.67. The molecule has 2 aromatic carbocycles. The number of carbonyl (C=O) groups is 2. The number of carbonyl (C=O) groups excluding carboxylic acids is 1. The van der Waals surface area contributed by atoms with Gasteiger partial charge in [-0.1, -0.05) is 18.2 Å². The Balaban J connectivity index is 1.61. The number of benzene rings is 2. The molecule has 0 radical (unpaired) electrons. The van der Waals surface area contributed by atoms with Gasteiger partial charge in [0.25, 0.3) is 0 Å². The normalized spacial score (nSPS) is 15.5. The summed E-state index contributed by atoms with van der Waals surface area (Å²) in [6.45, 7) is -0.162. The SMILES string of the molecule is COc1ccccc1CC(=O)N(C)C1CCc2c(c3cc(F)ccc3n2CC(=O)O)C1. The standard InChI is InChI=1S/C24H25FN2O4/c1-26(23(28)11-15-5-3-4-6-22(15)31-2)17-8-10-21-19(13-17)18-12-16(25)7-9-20(18)27(21)14-24(29)30/h3-7,9,12,17H,8,10-11,13-14H2,1-2H3,(H,29,30). The highest BCUT2D eigenvalue weighted by Gasteiger charge is 2.30. The maximum Gasteiger partial charge on any atom is 0.323 e. The number of likely N-dealkylation sites (N-methyl/N-ethyl adjacent to an activating group) is 1. The van der Waals surface area contributed by atoms with Gasteiger partial charge in [-0.15, -0.1) is 0 Å². The fourth-order valence-electron chi connectivity index (χ4n) is 4.59. The summed E-state index contributed by atoms with van der Waals surface area (Å²) in [5.74, 6) is -0.624. The fourth-order valence-corrected chi connectivity index (χ4v) is 4.59. The number of rotatable bonds is 6. The van der Waals surface area contributed by atoms with Crippen LogP contribution in [-0.4, -0.2) is 46.6 Å². The lowest BCUT2D eigenvalue weighted by atomic mass is 9.90. The average molecular weight is 424 g/mol. The minimum Gasteiger partial charge on any atom is -0.496 e. The molecule has 0 aliphatic heterocycles. The number of halogens is 1. The number of hydrogen-bond acceptors (Lipinski definition) is 3. The van der Waals surface area contributed by atoms with Gasteiger partial charge in [0.05, 0.1) is 13.5 Å². The Morgan fingerprint density at radius 3 is 2.77 bits per heavy atom. The van der Waals surface area contributed by atoms with E-state index in [9.17, 15) is 19.1 Å². The van der Waals surface area contributed by atoms with Crippen molar-refractivity contribution in [2.24, 2.45) is 0 Å². The van der Waals surface area contributed by atoms with Crippen molar-refractivity contribution in [2.45, 2.75) is 38.3 Å². The summed E-state index contributed by atoms with van der Waals surface area (Å²) in [4.78, 5) is 26.1. The number of aliphatic carboxylic acids is 1. The first-order valence-electron chi connectivity index (χ1n) is 10.3. The summed E-state index contributed by atoms with van der Waals surface area (Å²) < 4.78 is 21.1. The second kappa shape index (κ2) is 8.41. The van der Waals surface area contributed by atoms with E-state index < -0.39 is 5.97 Å². The molecule has 1 heterocycles. The molecule has 1 aromatic heterocycles. The van der Waals surface area contributed by atoms with Gasteiger partial charge in [0.2, 0.25) is 5.91 Å². The number of aromatic nitrogens is 1. The van der Waals surface area contributed by atoms with Crippen LogP contribution >= 0.6 is 0 Å². The maximum absolute atomic E-state index is 14.0. The van der Waals surface area contributed by atoms with Gasteiger partial charge in [0.15, 0.2) is 0 Å². The Morgan fingerprint density at radius 2 is 2.03 bits per heavy atom. The fraction of sp³-hybridized carbons (Fsp3) is 0.333. The third-order valence-corrected chi connectivity index (χ3v) is 6.17. The molecular formula is C24H25FN2O4. The van der Waals surface area contributed by atoms with E-state index in [0.717, 1.165) is 34.1 Å². The maximum atomic E-state index is 14.0. The van der Waals surface area contributed by atoms with Crippen molar-refractivity contribution in [3.63, 3.8) is 0 Å². The van der Waals surface area contributed by atoms with Crippen LogP contribution in [0.1, 0.15) is 23.2 Å². The predicted octanol–water partition coefficient (Wildman–Crippen LogP) is 3.43. The summed E-state index contributed by atoms with van der Waals surface area (Å²) in [5, 5.41) is 10.1. The van der Waals surface area contributed by atoms with Gasteiger partial charge >= 0.3 is 5.97 Å². The van der Waals surface area contributed by atoms with Gasteiger partial charge in [-0.3, -0.25) is 9.59 Å². The van der Waals surface area contributed by atoms with Crippen molar-refractivity contribution in [1.82, 2.24) is 9.47 Å². The first-order chi connectivity index (χ1) is 14.9. The minimum absolute atomic E-state index is 0.0154. The van der Waals surface area contributed by atoms with Crippen molar-refractivity contribution >= 4 is 22.8 Å². The lowest BCUT2D eigenvalue weighted by Crippen LogP contribution is -2.41. The van der Waals surface area contributed by atoms with Gasteiger partial charge in [0.1, 0.15) is 18.1 Å². The number of para-hydroxylation sites is 1. The van der Waals surface area contributed by atoms with Crippen molar-refractivity contribution in [1.29, 1.82) is 0 Å². The smallest absolute Gasteiger partial charge is 0.323 e. The van der Waals surface area contributed by atoms with E-state index in [2.05, 4.69) is 0 Å². The molecule has 162 valence electrons. The predicted molar refractivity (Wildman–Crippen MR) is 115 cm³/mol. The highest BCUT2D eigenvalue weighted by Crippen LogP contribution is 2.34. The van der Waals surface area contributed by atoms with Gasteiger partial charge < -0.3 is 19.3 Å². The summed E-state index contributed by atoms with van der Waals surface area (Å²) in [6, 6.07) is 11.9. The quantitative estimate of drug-likeness (QED) is 0.658. The average Bonchev–Trinajstić information content (AvgIpc) is 3.05. The van der Waals surface area contributed by atoms with E-state index >= 15 is 0 Å². The topological polar surface area (TPSA) is 71.8 Å². The van der Waals surface area contributed by atoms with Crippen LogP contribution in [-0.2, 0) is 35.4 Å². The van der Waals surface area contributed by atoms with E-state index in [-0.39, 0.29) is 30.7 Å². The zero-order valence-electron chi connectivity index (χ0n) is 17.6. The lowest BCUT2D eigenvalue weighted by Gasteiger charge is -2.32. The molecule has 1 amide bonds. The zero-order chi connectivity index (χ0) is 22.1. The molecule has 4 rings (SSSR count). The lowest BCUT2D eigenvalue weighted by molar-refractivity contribution is -0.137. The summed E-state index contributed by atoms with van der Waals surface area (Å²) >= 11 is 0. The van der Waals surface area contributed by atoms with Crippen LogP contribution in [0.3, 0.4) is 0 Å². The number of fused-ring (bicyclic) bond motifs is 3. The molecule has 0 spiro atoms. The highest BCUT2D eigenvalue weighted by atomic mass is 19.1. The van der Waals surface area contributed by atoms with Crippen LogP contribution in [0, 0.1) is 5.82 Å². The number of hydrogen-bond donors (Lipinski definition) is 1. The number of carboxylic acid groups (broad SMARTS) is 1. The van der Waals surface area contributed by atoms with Crippen molar-refractivity contribution in [3.8, 4) is 5.75 Å². The van der Waals surface area contributed by atoms with Crippen LogP contribution in [0.4, 0.5) is 4.39 Å². The number of nitrogens with zero attached hydrogens (tertiary/aromatic N) is 2. The Morgan fingerprint density at radius 1 is 1.26 bits per heavy atom. The van der Waals surface area contributed by atoms with Crippen molar-refractivity contribution in [3.05, 3.63) is 65.1 Å². The molecule has 0 saturated carbocycles. The largest absolute Gasteiger partial charge is 0.496 e. The van der Waals surface area contributed by atoms with Crippen molar-refractivity contribution < 1.29 is 23.8 Å². The third-order valence-electron chi connectivity index (χ3n) is 6.17. The molecule has 1 unspecified atom stereocenters. The Labute approximate surface area is 179 Å². The van der Waals surface area contributed by atoms with Crippen LogP contribution in [0.2, 0.25) is 0 Å². The van der Waals surface area contributed by atoms with E-state index in [1.54, 1.807) is 29.7 Å². The number of carboxylic acids is 1. The molecule has 6 nitrogen and oxygen atoms in total. The third kappa shape index (κ3) is 4.00. The first kappa shape index (κ1) is 20.9. The minimum atomic E-state index is -0.935. The van der Waals surface area contributed by atoms with E-state index in [1.165, 1.54) is 12.1 Å². The number of amides is 1. The Hall–Kier alpha value is -3.35. The number of ether oxygens (including phenoxy) is 1. The van der Waals surface area contributed by atoms with E-state index in [4.69, 9.17) is 4.74 Å². The van der Waals surface area contributed by atoms with Gasteiger partial charge in [0, 0.05) is 35.2 Å². The molecular weight excluding hydrogens is 399 g/mol. The second-order valence-electron chi connectivity index (χ2n) is 7.96. The molecule has 31 heavy (non-hydrogen) atoms. The molecule has 1 aliphatic rings. The van der Waals surface area contributed by atoms with Gasteiger partial charge in [-0.05, 0) is 49.1 Å². The molecule has 1 aliphatic carbocycles. The Bertz CT molecular complexity index is 1150. The summed E-state index contributed by atoms with van der Waals surface area (Å²) in [6.07, 6.45) is 2.16. The van der Waals surface area contributed by atoms with Gasteiger partial charge in [-0.2, -0.15) is 0 Å². The molecule has 1 N–H and O–H groups in total. The van der Waals surface area contributed by atoms with Crippen LogP contribution in [0.25, 0.3) is 10.9 Å². The monoisotopic (exact) mass is 424 g/mol. The summed E-state index contributed by atoms with van der Waals surface area (Å²) in [5.41, 5.74) is 3.41. The van der Waals surface area contributed by atoms with Crippen LogP contribution < -0.4 is 4.74 Å². The van der Waals surface area contributed by atoms with E-state index in [0.29, 0.717) is 18.6 Å². The zero-order valence-corrected chi connectivity index (χ0v) is 17.6. The molecule has 0 saturated heterocycles. The van der Waals surface area contributed by atoms with Crippen LogP contribution in [0.15, 0.2) is 42.5 Å². The van der Waals surface area contributed by atoms with E-state index in [1.807, 2.05) is 24.3 Å². The summed E-state index contributed by atoms with van der Waals surface area (Å²) in [7, 11) is 3.38. The van der Waals surface area contributed by atoms with Crippen LogP contribution in [0.5, 0.6) is 5.75 Å². The second-order valence-corrected chi connectivity index (χ2v) is 7.96. The highest BCUT2D eigenvalue weighted by molar-refractivity contribution is 5.87. The molecule has 1 atom stereocenters.